The van der Waals surface area contributed by atoms with Crippen molar-refractivity contribution in [3.8, 4) is 11.3 Å². The highest BCUT2D eigenvalue weighted by atomic mass is 16.1. The number of benzene rings is 3. The first kappa shape index (κ1) is 22.9. The van der Waals surface area contributed by atoms with Crippen molar-refractivity contribution >= 4 is 17.4 Å². The lowest BCUT2D eigenvalue weighted by Gasteiger charge is -2.20. The Morgan fingerprint density at radius 2 is 1.50 bits per heavy atom. The topological polar surface area (TPSA) is 79.8 Å². The molecule has 0 radical (unpaired) electrons. The Kier molecular flexibility index (Phi) is 6.76. The first-order valence-electron chi connectivity index (χ1n) is 11.7. The summed E-state index contributed by atoms with van der Waals surface area (Å²) in [5.74, 6) is 0.496. The van der Waals surface area contributed by atoms with Gasteiger partial charge in [0.2, 0.25) is 0 Å². The molecule has 36 heavy (non-hydrogen) atoms. The molecule has 0 atom stereocenters. The zero-order valence-electron chi connectivity index (χ0n) is 19.8. The molecule has 176 valence electrons. The summed E-state index contributed by atoms with van der Waals surface area (Å²) in [6.07, 6.45) is 4.94. The molecule has 5 aromatic rings. The Bertz CT molecular complexity index is 1420. The molecule has 0 aliphatic rings. The Labute approximate surface area is 210 Å². The standard InChI is InChI=1S/C30H25N5O/c1-21-14-15-24(19-27(21)34-29-25(13-8-17-32-29)26-16-18-31-20-33-26)30(36)35-28(22-9-4-2-5-10-22)23-11-6-3-7-12-23/h2-20,28H,1H3,(H,32,34)(H,35,36). The van der Waals surface area contributed by atoms with Crippen LogP contribution in [0.5, 0.6) is 0 Å². The highest BCUT2D eigenvalue weighted by molar-refractivity contribution is 5.96. The van der Waals surface area contributed by atoms with Crippen LogP contribution in [0.3, 0.4) is 0 Å². The zero-order chi connectivity index (χ0) is 24.7. The van der Waals surface area contributed by atoms with Gasteiger partial charge < -0.3 is 10.6 Å². The number of aromatic nitrogens is 3. The van der Waals surface area contributed by atoms with Gasteiger partial charge in [-0.2, -0.15) is 0 Å². The number of aryl methyl sites for hydroxylation is 1. The van der Waals surface area contributed by atoms with E-state index in [-0.39, 0.29) is 11.9 Å². The van der Waals surface area contributed by atoms with E-state index in [0.29, 0.717) is 11.4 Å². The molecule has 3 aromatic carbocycles. The monoisotopic (exact) mass is 471 g/mol. The van der Waals surface area contributed by atoms with Crippen LogP contribution >= 0.6 is 0 Å². The van der Waals surface area contributed by atoms with E-state index < -0.39 is 0 Å². The minimum Gasteiger partial charge on any atom is -0.341 e. The van der Waals surface area contributed by atoms with Crippen molar-refractivity contribution in [2.45, 2.75) is 13.0 Å². The van der Waals surface area contributed by atoms with Crippen LogP contribution in [0.15, 0.2) is 116 Å². The van der Waals surface area contributed by atoms with E-state index in [2.05, 4.69) is 25.6 Å². The van der Waals surface area contributed by atoms with E-state index in [9.17, 15) is 4.79 Å². The summed E-state index contributed by atoms with van der Waals surface area (Å²) in [6, 6.07) is 31.0. The van der Waals surface area contributed by atoms with Gasteiger partial charge >= 0.3 is 0 Å². The number of hydrogen-bond donors (Lipinski definition) is 2. The average Bonchev–Trinajstić information content (AvgIpc) is 2.94. The largest absolute Gasteiger partial charge is 0.341 e. The molecule has 5 rings (SSSR count). The van der Waals surface area contributed by atoms with Crippen LogP contribution in [0.4, 0.5) is 11.5 Å². The summed E-state index contributed by atoms with van der Waals surface area (Å²) in [7, 11) is 0. The highest BCUT2D eigenvalue weighted by Gasteiger charge is 2.18. The molecule has 0 unspecified atom stereocenters. The van der Waals surface area contributed by atoms with Gasteiger partial charge in [0.25, 0.3) is 5.91 Å². The fraction of sp³-hybridized carbons (Fsp3) is 0.0667. The molecule has 6 heteroatoms. The number of nitrogens with zero attached hydrogens (tertiary/aromatic N) is 3. The van der Waals surface area contributed by atoms with E-state index in [1.54, 1.807) is 12.4 Å². The third-order valence-electron chi connectivity index (χ3n) is 5.96. The second kappa shape index (κ2) is 10.6. The third-order valence-corrected chi connectivity index (χ3v) is 5.96. The van der Waals surface area contributed by atoms with Gasteiger partial charge in [0.1, 0.15) is 12.1 Å². The summed E-state index contributed by atoms with van der Waals surface area (Å²) in [5, 5.41) is 6.61. The molecule has 2 heterocycles. The quantitative estimate of drug-likeness (QED) is 0.299. The van der Waals surface area contributed by atoms with E-state index in [1.165, 1.54) is 6.33 Å². The predicted octanol–water partition coefficient (Wildman–Crippen LogP) is 6.11. The fourth-order valence-corrected chi connectivity index (χ4v) is 4.05. The second-order valence-corrected chi connectivity index (χ2v) is 8.38. The fourth-order valence-electron chi connectivity index (χ4n) is 4.05. The molecule has 2 aromatic heterocycles. The van der Waals surface area contributed by atoms with E-state index in [1.807, 2.05) is 104 Å². The average molecular weight is 472 g/mol. The molecule has 0 saturated heterocycles. The Hall–Kier alpha value is -4.84. The summed E-state index contributed by atoms with van der Waals surface area (Å²) in [5.41, 5.74) is 6.00. The first-order chi connectivity index (χ1) is 17.7. The van der Waals surface area contributed by atoms with E-state index in [4.69, 9.17) is 0 Å². The molecule has 0 bridgehead atoms. The van der Waals surface area contributed by atoms with Crippen LogP contribution in [-0.2, 0) is 0 Å². The van der Waals surface area contributed by atoms with Gasteiger partial charge in [-0.15, -0.1) is 0 Å². The minimum absolute atomic E-state index is 0.159. The lowest BCUT2D eigenvalue weighted by molar-refractivity contribution is 0.0943. The van der Waals surface area contributed by atoms with Crippen molar-refractivity contribution in [2.75, 3.05) is 5.32 Å². The van der Waals surface area contributed by atoms with Gasteiger partial charge in [-0.3, -0.25) is 4.79 Å². The number of rotatable bonds is 7. The number of amides is 1. The van der Waals surface area contributed by atoms with Gasteiger partial charge in [-0.1, -0.05) is 66.7 Å². The van der Waals surface area contributed by atoms with Gasteiger partial charge in [-0.25, -0.2) is 15.0 Å². The Morgan fingerprint density at radius 3 is 2.17 bits per heavy atom. The van der Waals surface area contributed by atoms with Gasteiger partial charge in [-0.05, 0) is 53.9 Å². The molecule has 1 amide bonds. The number of carbonyl (C=O) groups excluding carboxylic acids is 1. The predicted molar refractivity (Wildman–Crippen MR) is 142 cm³/mol. The first-order valence-corrected chi connectivity index (χ1v) is 11.7. The molecule has 0 aliphatic carbocycles. The van der Waals surface area contributed by atoms with Crippen molar-refractivity contribution in [3.05, 3.63) is 138 Å². The van der Waals surface area contributed by atoms with Crippen LogP contribution in [0, 0.1) is 6.92 Å². The minimum atomic E-state index is -0.266. The van der Waals surface area contributed by atoms with Crippen molar-refractivity contribution < 1.29 is 4.79 Å². The lowest BCUT2D eigenvalue weighted by Crippen LogP contribution is -2.29. The Balaban J connectivity index is 1.43. The van der Waals surface area contributed by atoms with Crippen molar-refractivity contribution in [1.82, 2.24) is 20.3 Å². The van der Waals surface area contributed by atoms with Gasteiger partial charge in [0.15, 0.2) is 0 Å². The number of anilines is 2. The summed E-state index contributed by atoms with van der Waals surface area (Å²) >= 11 is 0. The summed E-state index contributed by atoms with van der Waals surface area (Å²) in [6.45, 7) is 1.99. The zero-order valence-corrected chi connectivity index (χ0v) is 19.8. The van der Waals surface area contributed by atoms with Crippen molar-refractivity contribution in [3.63, 3.8) is 0 Å². The number of hydrogen-bond acceptors (Lipinski definition) is 5. The second-order valence-electron chi connectivity index (χ2n) is 8.38. The third kappa shape index (κ3) is 5.13. The van der Waals surface area contributed by atoms with Crippen LogP contribution in [-0.4, -0.2) is 20.9 Å². The van der Waals surface area contributed by atoms with Crippen LogP contribution < -0.4 is 10.6 Å². The number of pyridine rings is 1. The molecular formula is C30H25N5O. The van der Waals surface area contributed by atoms with Crippen LogP contribution in [0.1, 0.15) is 33.1 Å². The maximum Gasteiger partial charge on any atom is 0.252 e. The molecule has 2 N–H and O–H groups in total. The SMILES string of the molecule is Cc1ccc(C(=O)NC(c2ccccc2)c2ccccc2)cc1Nc1ncccc1-c1ccncn1. The van der Waals surface area contributed by atoms with Crippen LogP contribution in [0.2, 0.25) is 0 Å². The van der Waals surface area contributed by atoms with Crippen molar-refractivity contribution in [1.29, 1.82) is 0 Å². The number of nitrogens with one attached hydrogen (secondary N) is 2. The summed E-state index contributed by atoms with van der Waals surface area (Å²) < 4.78 is 0. The van der Waals surface area contributed by atoms with Crippen molar-refractivity contribution in [2.24, 2.45) is 0 Å². The maximum absolute atomic E-state index is 13.4. The van der Waals surface area contributed by atoms with E-state index in [0.717, 1.165) is 33.6 Å². The van der Waals surface area contributed by atoms with Gasteiger partial charge in [0.05, 0.1) is 11.7 Å². The smallest absolute Gasteiger partial charge is 0.252 e. The molecule has 0 fully saturated rings. The molecule has 6 nitrogen and oxygen atoms in total. The van der Waals surface area contributed by atoms with E-state index >= 15 is 0 Å². The highest BCUT2D eigenvalue weighted by Crippen LogP contribution is 2.29. The molecule has 0 spiro atoms. The lowest BCUT2D eigenvalue weighted by atomic mass is 9.98. The maximum atomic E-state index is 13.4. The Morgan fingerprint density at radius 1 is 0.778 bits per heavy atom. The molecular weight excluding hydrogens is 446 g/mol. The van der Waals surface area contributed by atoms with Gasteiger partial charge in [0, 0.05) is 29.2 Å². The number of carbonyl (C=O) groups is 1. The molecule has 0 saturated carbocycles. The summed E-state index contributed by atoms with van der Waals surface area (Å²) in [4.78, 5) is 26.3. The normalized spacial score (nSPS) is 10.7. The van der Waals surface area contributed by atoms with Crippen LogP contribution in [0.25, 0.3) is 11.3 Å². The molecule has 0 aliphatic heterocycles.